The number of anilines is 1. The van der Waals surface area contributed by atoms with E-state index in [4.69, 9.17) is 0 Å². The van der Waals surface area contributed by atoms with Gasteiger partial charge in [0, 0.05) is 44.3 Å². The maximum atomic E-state index is 14.0. The fourth-order valence-corrected chi connectivity index (χ4v) is 5.06. The van der Waals surface area contributed by atoms with E-state index in [0.717, 1.165) is 17.1 Å². The van der Waals surface area contributed by atoms with Crippen molar-refractivity contribution in [3.63, 3.8) is 0 Å². The molecule has 0 saturated carbocycles. The van der Waals surface area contributed by atoms with Gasteiger partial charge in [0.1, 0.15) is 17.0 Å². The fraction of sp³-hybridized carbons (Fsp3) is 0.435. The average Bonchev–Trinajstić information content (AvgIpc) is 3.33. The Labute approximate surface area is 217 Å². The Hall–Kier alpha value is -3.04. The van der Waals surface area contributed by atoms with Gasteiger partial charge >= 0.3 is 12.4 Å². The lowest BCUT2D eigenvalue weighted by Crippen LogP contribution is -2.39. The van der Waals surface area contributed by atoms with Crippen LogP contribution in [0.5, 0.6) is 0 Å². The molecule has 1 aliphatic heterocycles. The number of piperidine rings is 1. The first-order chi connectivity index (χ1) is 17.9. The molecule has 1 aromatic carbocycles. The lowest BCUT2D eigenvalue weighted by molar-refractivity contribution is -0.138. The molecular weight excluding hydrogens is 536 g/mol. The second-order valence-corrected chi connectivity index (χ2v) is 10.1. The maximum absolute atomic E-state index is 14.0. The number of aromatic nitrogens is 4. The normalized spacial score (nSPS) is 16.5. The van der Waals surface area contributed by atoms with Crippen LogP contribution in [0.1, 0.15) is 29.5 Å². The molecule has 3 heterocycles. The molecule has 0 aliphatic carbocycles. The molecule has 2 N–H and O–H groups in total. The van der Waals surface area contributed by atoms with Gasteiger partial charge in [0.2, 0.25) is 5.95 Å². The Balaban J connectivity index is 1.70. The minimum atomic E-state index is -4.82. The predicted octanol–water partition coefficient (Wildman–Crippen LogP) is 4.26. The first-order valence-electron chi connectivity index (χ1n) is 11.6. The Bertz CT molecular complexity index is 1300. The van der Waals surface area contributed by atoms with E-state index >= 15 is 0 Å². The van der Waals surface area contributed by atoms with Crippen molar-refractivity contribution in [1.29, 1.82) is 0 Å². The highest BCUT2D eigenvalue weighted by molar-refractivity contribution is 7.81. The number of hydrogen-bond donors (Lipinski definition) is 2. The first kappa shape index (κ1) is 28.0. The number of halogens is 6. The van der Waals surface area contributed by atoms with Crippen molar-refractivity contribution in [3.05, 3.63) is 53.6 Å². The van der Waals surface area contributed by atoms with Crippen LogP contribution in [0.3, 0.4) is 0 Å². The monoisotopic (exact) mass is 561 g/mol. The van der Waals surface area contributed by atoms with Gasteiger partial charge in [0.15, 0.2) is 0 Å². The van der Waals surface area contributed by atoms with Gasteiger partial charge in [0.05, 0.1) is 28.6 Å². The molecule has 8 nitrogen and oxygen atoms in total. The zero-order valence-electron chi connectivity index (χ0n) is 20.4. The minimum Gasteiger partial charge on any atom is -0.351 e. The quantitative estimate of drug-likeness (QED) is 0.420. The molecule has 15 heteroatoms. The predicted molar refractivity (Wildman–Crippen MR) is 130 cm³/mol. The molecule has 0 bridgehead atoms. The lowest BCUT2D eigenvalue weighted by atomic mass is 10.0. The van der Waals surface area contributed by atoms with Crippen molar-refractivity contribution in [2.45, 2.75) is 37.8 Å². The number of alkyl halides is 6. The van der Waals surface area contributed by atoms with Gasteiger partial charge in [-0.2, -0.15) is 26.3 Å². The Kier molecular flexibility index (Phi) is 8.09. The summed E-state index contributed by atoms with van der Waals surface area (Å²) in [6.45, 7) is 1.01. The SMILES string of the molecule is CNCc1cccc(-n2cnc(-c3nc(NC4CCN(S(C)=O)CC4)ncc3C(F)(F)F)c2)c1C(F)(F)F. The molecule has 1 unspecified atom stereocenters. The standard InChI is InChI=1S/C23H25F6N7OS/c1-30-10-14-4-3-5-18(19(14)23(27,28)29)35-12-17(32-13-35)20-16(22(24,25)26)11-31-21(34-20)33-15-6-8-36(9-7-15)38(2)37/h3-5,11-13,15,30H,6-10H2,1-2H3,(H,31,33,34). The maximum Gasteiger partial charge on any atom is 0.420 e. The molecule has 0 amide bonds. The third-order valence-corrected chi connectivity index (χ3v) is 7.22. The van der Waals surface area contributed by atoms with Gasteiger partial charge in [-0.3, -0.25) is 0 Å². The van der Waals surface area contributed by atoms with Crippen LogP contribution in [0.4, 0.5) is 32.3 Å². The average molecular weight is 562 g/mol. The van der Waals surface area contributed by atoms with Gasteiger partial charge < -0.3 is 15.2 Å². The summed E-state index contributed by atoms with van der Waals surface area (Å²) in [5.41, 5.74) is -3.18. The summed E-state index contributed by atoms with van der Waals surface area (Å²) >= 11 is 0. The number of imidazole rings is 1. The van der Waals surface area contributed by atoms with Crippen LogP contribution in [0.25, 0.3) is 17.1 Å². The topological polar surface area (TPSA) is 88.0 Å². The Morgan fingerprint density at radius 3 is 2.39 bits per heavy atom. The highest BCUT2D eigenvalue weighted by Crippen LogP contribution is 2.39. The Morgan fingerprint density at radius 1 is 1.08 bits per heavy atom. The van der Waals surface area contributed by atoms with Crippen molar-refractivity contribution >= 4 is 16.9 Å². The molecule has 0 spiro atoms. The molecule has 1 aliphatic rings. The van der Waals surface area contributed by atoms with Crippen molar-refractivity contribution < 1.29 is 30.6 Å². The molecule has 1 atom stereocenters. The van der Waals surface area contributed by atoms with Crippen LogP contribution in [0.2, 0.25) is 0 Å². The van der Waals surface area contributed by atoms with E-state index < -0.39 is 40.2 Å². The zero-order valence-corrected chi connectivity index (χ0v) is 21.2. The molecule has 0 radical (unpaired) electrons. The van der Waals surface area contributed by atoms with E-state index in [1.165, 1.54) is 25.2 Å². The molecule has 2 aromatic heterocycles. The minimum absolute atomic E-state index is 0.0183. The van der Waals surface area contributed by atoms with E-state index in [1.807, 2.05) is 0 Å². The number of hydrogen-bond acceptors (Lipinski definition) is 6. The largest absolute Gasteiger partial charge is 0.420 e. The van der Waals surface area contributed by atoms with Crippen molar-refractivity contribution in [2.75, 3.05) is 31.7 Å². The summed E-state index contributed by atoms with van der Waals surface area (Å²) in [6, 6.07) is 3.83. The molecule has 38 heavy (non-hydrogen) atoms. The van der Waals surface area contributed by atoms with Crippen LogP contribution in [0, 0.1) is 0 Å². The summed E-state index contributed by atoms with van der Waals surface area (Å²) in [6.07, 6.45) is -4.05. The van der Waals surface area contributed by atoms with Crippen LogP contribution < -0.4 is 10.6 Å². The Morgan fingerprint density at radius 2 is 1.79 bits per heavy atom. The zero-order chi connectivity index (χ0) is 27.7. The summed E-state index contributed by atoms with van der Waals surface area (Å²) in [5, 5.41) is 5.70. The van der Waals surface area contributed by atoms with E-state index in [-0.39, 0.29) is 35.5 Å². The second kappa shape index (κ2) is 11.0. The molecule has 206 valence electrons. The van der Waals surface area contributed by atoms with Gasteiger partial charge in [-0.05, 0) is 31.5 Å². The summed E-state index contributed by atoms with van der Waals surface area (Å²) < 4.78 is 97.7. The summed E-state index contributed by atoms with van der Waals surface area (Å²) in [7, 11) is 0.395. The van der Waals surface area contributed by atoms with Gasteiger partial charge in [-0.1, -0.05) is 12.1 Å². The summed E-state index contributed by atoms with van der Waals surface area (Å²) in [5.74, 6) is -0.0642. The van der Waals surface area contributed by atoms with Crippen molar-refractivity contribution in [3.8, 4) is 17.1 Å². The fourth-order valence-electron chi connectivity index (χ4n) is 4.34. The smallest absolute Gasteiger partial charge is 0.351 e. The van der Waals surface area contributed by atoms with Crippen molar-refractivity contribution in [2.24, 2.45) is 0 Å². The van der Waals surface area contributed by atoms with Gasteiger partial charge in [0.25, 0.3) is 0 Å². The summed E-state index contributed by atoms with van der Waals surface area (Å²) in [4.78, 5) is 11.9. The van der Waals surface area contributed by atoms with Gasteiger partial charge in [-0.15, -0.1) is 0 Å². The van der Waals surface area contributed by atoms with E-state index in [9.17, 15) is 30.6 Å². The van der Waals surface area contributed by atoms with E-state index in [1.54, 1.807) is 10.6 Å². The first-order valence-corrected chi connectivity index (χ1v) is 13.1. The van der Waals surface area contributed by atoms with E-state index in [0.29, 0.717) is 32.1 Å². The number of rotatable bonds is 7. The third-order valence-electron chi connectivity index (χ3n) is 6.13. The van der Waals surface area contributed by atoms with Crippen LogP contribution in [-0.4, -0.2) is 60.5 Å². The number of nitrogens with zero attached hydrogens (tertiary/aromatic N) is 5. The van der Waals surface area contributed by atoms with Crippen molar-refractivity contribution in [1.82, 2.24) is 29.1 Å². The molecule has 3 aromatic rings. The van der Waals surface area contributed by atoms with Gasteiger partial charge in [-0.25, -0.2) is 23.5 Å². The molecule has 1 fully saturated rings. The molecular formula is C23H25F6N7OS. The number of benzene rings is 1. The molecule has 4 rings (SSSR count). The van der Waals surface area contributed by atoms with Crippen LogP contribution in [0.15, 0.2) is 36.9 Å². The number of nitrogens with one attached hydrogen (secondary N) is 2. The second-order valence-electron chi connectivity index (χ2n) is 8.73. The van der Waals surface area contributed by atoms with Crippen LogP contribution in [-0.2, 0) is 29.9 Å². The van der Waals surface area contributed by atoms with Crippen LogP contribution >= 0.6 is 0 Å². The van der Waals surface area contributed by atoms with E-state index in [2.05, 4.69) is 25.6 Å². The molecule has 1 saturated heterocycles. The highest BCUT2D eigenvalue weighted by atomic mass is 32.2. The highest BCUT2D eigenvalue weighted by Gasteiger charge is 2.38. The lowest BCUT2D eigenvalue weighted by Gasteiger charge is -2.30. The third kappa shape index (κ3) is 6.15.